The quantitative estimate of drug-likeness (QED) is 0.519. The molecule has 19 heavy (non-hydrogen) atoms. The van der Waals surface area contributed by atoms with E-state index in [2.05, 4.69) is 9.97 Å². The van der Waals surface area contributed by atoms with E-state index in [9.17, 15) is 0 Å². The second-order valence-electron chi connectivity index (χ2n) is 4.31. The Morgan fingerprint density at radius 2 is 1.95 bits per heavy atom. The van der Waals surface area contributed by atoms with Gasteiger partial charge in [-0.1, -0.05) is 12.1 Å². The highest BCUT2D eigenvalue weighted by atomic mass is 16.5. The molecule has 4 nitrogen and oxygen atoms in total. The summed E-state index contributed by atoms with van der Waals surface area (Å²) < 4.78 is 11.3. The van der Waals surface area contributed by atoms with Crippen LogP contribution in [0.4, 0.5) is 0 Å². The van der Waals surface area contributed by atoms with Crippen LogP contribution in [0, 0.1) is 0 Å². The van der Waals surface area contributed by atoms with Crippen LogP contribution < -0.4 is 9.47 Å². The molecule has 3 aromatic rings. The molecule has 4 heteroatoms. The number of para-hydroxylation sites is 1. The van der Waals surface area contributed by atoms with E-state index in [1.54, 1.807) is 13.4 Å². The minimum atomic E-state index is 0.689. The average Bonchev–Trinajstić information content (AvgIpc) is 2.48. The number of methoxy groups -OCH3 is 1. The van der Waals surface area contributed by atoms with E-state index in [-0.39, 0.29) is 0 Å². The molecule has 0 aliphatic carbocycles. The van der Waals surface area contributed by atoms with Gasteiger partial charge in [-0.25, -0.2) is 9.97 Å². The summed E-state index contributed by atoms with van der Waals surface area (Å²) in [7, 11) is 1.63. The highest BCUT2D eigenvalue weighted by molar-refractivity contribution is 6.01. The number of benzene rings is 2. The average molecular weight is 250 g/mol. The Bertz CT molecular complexity index is 799. The predicted molar refractivity (Wildman–Crippen MR) is 71.6 cm³/mol. The zero-order valence-corrected chi connectivity index (χ0v) is 10.3. The molecule has 0 saturated carbocycles. The van der Waals surface area contributed by atoms with Gasteiger partial charge in [0.2, 0.25) is 0 Å². The summed E-state index contributed by atoms with van der Waals surface area (Å²) in [4.78, 5) is 8.69. The molecule has 0 fully saturated rings. The highest BCUT2D eigenvalue weighted by Crippen LogP contribution is 2.48. The fourth-order valence-corrected chi connectivity index (χ4v) is 2.43. The van der Waals surface area contributed by atoms with Crippen molar-refractivity contribution >= 4 is 10.9 Å². The van der Waals surface area contributed by atoms with Gasteiger partial charge in [0, 0.05) is 5.56 Å². The second-order valence-corrected chi connectivity index (χ2v) is 4.31. The van der Waals surface area contributed by atoms with Gasteiger partial charge >= 0.3 is 0 Å². The van der Waals surface area contributed by atoms with Crippen molar-refractivity contribution in [2.24, 2.45) is 0 Å². The third-order valence-corrected chi connectivity index (χ3v) is 3.29. The third-order valence-electron chi connectivity index (χ3n) is 3.29. The molecule has 0 amide bonds. The molecule has 2 heterocycles. The minimum absolute atomic E-state index is 0.689. The van der Waals surface area contributed by atoms with Crippen LogP contribution in [0.15, 0.2) is 42.7 Å². The summed E-state index contributed by atoms with van der Waals surface area (Å²) in [5.74, 6) is 2.17. The van der Waals surface area contributed by atoms with Crippen molar-refractivity contribution in [3.63, 3.8) is 0 Å². The van der Waals surface area contributed by atoms with E-state index in [1.807, 2.05) is 36.4 Å². The summed E-state index contributed by atoms with van der Waals surface area (Å²) in [6, 6.07) is 11.6. The molecule has 0 spiro atoms. The Kier molecular flexibility index (Phi) is 2.00. The van der Waals surface area contributed by atoms with Crippen molar-refractivity contribution in [3.05, 3.63) is 42.7 Å². The van der Waals surface area contributed by atoms with Gasteiger partial charge in [0.25, 0.3) is 0 Å². The van der Waals surface area contributed by atoms with Crippen molar-refractivity contribution in [2.45, 2.75) is 0 Å². The van der Waals surface area contributed by atoms with Gasteiger partial charge in [-0.15, -0.1) is 0 Å². The fraction of sp³-hybridized carbons (Fsp3) is 0.0667. The van der Waals surface area contributed by atoms with Crippen LogP contribution >= 0.6 is 0 Å². The first-order valence-electron chi connectivity index (χ1n) is 5.97. The van der Waals surface area contributed by atoms with Gasteiger partial charge in [-0.05, 0) is 24.3 Å². The molecular formula is C15H10N2O2. The van der Waals surface area contributed by atoms with Gasteiger partial charge < -0.3 is 9.47 Å². The molecular weight excluding hydrogens is 240 g/mol. The topological polar surface area (TPSA) is 44.2 Å². The van der Waals surface area contributed by atoms with Crippen LogP contribution in [0.25, 0.3) is 22.2 Å². The first-order valence-corrected chi connectivity index (χ1v) is 5.97. The van der Waals surface area contributed by atoms with Crippen molar-refractivity contribution in [3.8, 4) is 28.5 Å². The van der Waals surface area contributed by atoms with Crippen molar-refractivity contribution < 1.29 is 9.47 Å². The lowest BCUT2D eigenvalue weighted by Gasteiger charge is -2.21. The van der Waals surface area contributed by atoms with E-state index in [0.29, 0.717) is 11.5 Å². The number of fused-ring (bicyclic) bond motifs is 2. The summed E-state index contributed by atoms with van der Waals surface area (Å²) >= 11 is 0. The maximum Gasteiger partial charge on any atom is 0.180 e. The van der Waals surface area contributed by atoms with E-state index in [0.717, 1.165) is 27.9 Å². The third kappa shape index (κ3) is 1.34. The summed E-state index contributed by atoms with van der Waals surface area (Å²) in [6.07, 6.45) is 1.58. The van der Waals surface area contributed by atoms with Crippen LogP contribution in [0.1, 0.15) is 0 Å². The summed E-state index contributed by atoms with van der Waals surface area (Å²) in [5.41, 5.74) is 2.73. The largest absolute Gasteiger partial charge is 0.493 e. The van der Waals surface area contributed by atoms with Gasteiger partial charge in [-0.2, -0.15) is 0 Å². The predicted octanol–water partition coefficient (Wildman–Crippen LogP) is 3.41. The van der Waals surface area contributed by atoms with Crippen LogP contribution in [0.5, 0.6) is 17.2 Å². The number of rotatable bonds is 1. The SMILES string of the molecule is COc1ccc2ncnc3c2c1Oc1ccccc1-3. The number of aromatic nitrogens is 2. The lowest BCUT2D eigenvalue weighted by molar-refractivity contribution is 0.381. The summed E-state index contributed by atoms with van der Waals surface area (Å²) in [5, 5.41) is 0.903. The van der Waals surface area contributed by atoms with E-state index in [1.165, 1.54) is 0 Å². The number of hydrogen-bond donors (Lipinski definition) is 0. The Balaban J connectivity index is 2.18. The van der Waals surface area contributed by atoms with Crippen LogP contribution in [-0.4, -0.2) is 17.1 Å². The molecule has 0 bridgehead atoms. The zero-order chi connectivity index (χ0) is 12.8. The van der Waals surface area contributed by atoms with Crippen molar-refractivity contribution in [2.75, 3.05) is 7.11 Å². The van der Waals surface area contributed by atoms with Gasteiger partial charge in [-0.3, -0.25) is 0 Å². The van der Waals surface area contributed by atoms with Gasteiger partial charge in [0.1, 0.15) is 12.1 Å². The van der Waals surface area contributed by atoms with Crippen LogP contribution in [-0.2, 0) is 0 Å². The Hall–Kier alpha value is -2.62. The molecule has 1 aliphatic heterocycles. The Morgan fingerprint density at radius 3 is 2.84 bits per heavy atom. The monoisotopic (exact) mass is 250 g/mol. The normalized spacial score (nSPS) is 11.8. The van der Waals surface area contributed by atoms with E-state index < -0.39 is 0 Å². The van der Waals surface area contributed by atoms with Gasteiger partial charge in [0.05, 0.1) is 23.7 Å². The van der Waals surface area contributed by atoms with E-state index >= 15 is 0 Å². The number of ether oxygens (including phenoxy) is 2. The number of nitrogens with zero attached hydrogens (tertiary/aromatic N) is 2. The molecule has 1 aliphatic rings. The molecule has 2 aromatic carbocycles. The minimum Gasteiger partial charge on any atom is -0.493 e. The molecule has 0 unspecified atom stereocenters. The number of hydrogen-bond acceptors (Lipinski definition) is 4. The smallest absolute Gasteiger partial charge is 0.180 e. The lowest BCUT2D eigenvalue weighted by atomic mass is 10.0. The molecule has 1 aromatic heterocycles. The van der Waals surface area contributed by atoms with Crippen LogP contribution in [0.3, 0.4) is 0 Å². The molecule has 4 rings (SSSR count). The van der Waals surface area contributed by atoms with Crippen LogP contribution in [0.2, 0.25) is 0 Å². The maximum atomic E-state index is 5.97. The first kappa shape index (κ1) is 10.3. The first-order chi connectivity index (χ1) is 9.38. The molecule has 0 N–H and O–H groups in total. The van der Waals surface area contributed by atoms with Crippen molar-refractivity contribution in [1.29, 1.82) is 0 Å². The Morgan fingerprint density at radius 1 is 1.05 bits per heavy atom. The van der Waals surface area contributed by atoms with Gasteiger partial charge in [0.15, 0.2) is 11.5 Å². The molecule has 92 valence electrons. The molecule has 0 atom stereocenters. The molecule has 0 radical (unpaired) electrons. The zero-order valence-electron chi connectivity index (χ0n) is 10.3. The fourth-order valence-electron chi connectivity index (χ4n) is 2.43. The Labute approximate surface area is 109 Å². The van der Waals surface area contributed by atoms with E-state index in [4.69, 9.17) is 9.47 Å². The van der Waals surface area contributed by atoms with Crippen molar-refractivity contribution in [1.82, 2.24) is 9.97 Å². The lowest BCUT2D eigenvalue weighted by Crippen LogP contribution is -2.01. The second kappa shape index (κ2) is 3.68. The molecule has 0 saturated heterocycles. The standard InChI is InChI=1S/C15H10N2O2/c1-18-12-7-6-10-13-14(17-8-16-10)9-4-2-3-5-11(9)19-15(12)13/h2-8H,1H3. The maximum absolute atomic E-state index is 5.97. The summed E-state index contributed by atoms with van der Waals surface area (Å²) in [6.45, 7) is 0. The highest BCUT2D eigenvalue weighted by Gasteiger charge is 2.24.